The number of nitrogens with zero attached hydrogens (tertiary/aromatic N) is 1. The fraction of sp³-hybridized carbons (Fsp3) is 0.429. The van der Waals surface area contributed by atoms with Crippen LogP contribution in [0.4, 0.5) is 0 Å². The third kappa shape index (κ3) is 2.13. The predicted molar refractivity (Wildman–Crippen MR) is 97.4 cm³/mol. The van der Waals surface area contributed by atoms with Crippen molar-refractivity contribution in [2.45, 2.75) is 31.8 Å². The molecule has 0 unspecified atom stereocenters. The van der Waals surface area contributed by atoms with Crippen LogP contribution in [0.15, 0.2) is 24.3 Å². The number of methoxy groups -OCH3 is 2. The van der Waals surface area contributed by atoms with Crippen LogP contribution in [0.1, 0.15) is 41.1 Å². The summed E-state index contributed by atoms with van der Waals surface area (Å²) >= 11 is 0. The highest BCUT2D eigenvalue weighted by atomic mass is 16.7. The van der Waals surface area contributed by atoms with E-state index in [1.54, 1.807) is 14.2 Å². The normalized spacial score (nSPS) is 23.0. The molecule has 3 aliphatic rings. The molecule has 0 aliphatic carbocycles. The van der Waals surface area contributed by atoms with E-state index >= 15 is 0 Å². The van der Waals surface area contributed by atoms with Gasteiger partial charge in [-0.05, 0) is 41.3 Å². The number of rotatable bonds is 2. The van der Waals surface area contributed by atoms with Gasteiger partial charge in [-0.1, -0.05) is 13.0 Å². The van der Waals surface area contributed by atoms with Gasteiger partial charge in [-0.25, -0.2) is 0 Å². The van der Waals surface area contributed by atoms with Crippen molar-refractivity contribution >= 4 is 0 Å². The second-order valence-corrected chi connectivity index (χ2v) is 7.23. The molecule has 0 fully saturated rings. The lowest BCUT2D eigenvalue weighted by Crippen LogP contribution is -2.41. The van der Waals surface area contributed by atoms with Crippen molar-refractivity contribution in [3.8, 4) is 23.0 Å². The average Bonchev–Trinajstić information content (AvgIpc) is 3.12. The van der Waals surface area contributed by atoms with Crippen molar-refractivity contribution < 1.29 is 18.9 Å². The van der Waals surface area contributed by atoms with E-state index < -0.39 is 0 Å². The van der Waals surface area contributed by atoms with Crippen LogP contribution >= 0.6 is 0 Å². The molecule has 0 radical (unpaired) electrons. The number of fused-ring (bicyclic) bond motifs is 5. The zero-order valence-electron chi connectivity index (χ0n) is 15.4. The molecule has 5 nitrogen and oxygen atoms in total. The Bertz CT molecular complexity index is 879. The summed E-state index contributed by atoms with van der Waals surface area (Å²) < 4.78 is 22.4. The zero-order chi connectivity index (χ0) is 17.8. The lowest BCUT2D eigenvalue weighted by Gasteiger charge is -2.45. The van der Waals surface area contributed by atoms with Gasteiger partial charge in [0.05, 0.1) is 14.2 Å². The molecule has 3 heterocycles. The first-order chi connectivity index (χ1) is 12.7. The molecule has 5 heteroatoms. The number of hydrogen-bond donors (Lipinski definition) is 0. The summed E-state index contributed by atoms with van der Waals surface area (Å²) in [5.74, 6) is 3.78. The zero-order valence-corrected chi connectivity index (χ0v) is 15.4. The van der Waals surface area contributed by atoms with Crippen LogP contribution in [0.2, 0.25) is 0 Å². The van der Waals surface area contributed by atoms with Crippen molar-refractivity contribution in [2.75, 3.05) is 27.6 Å². The molecular weight excluding hydrogens is 330 g/mol. The van der Waals surface area contributed by atoms with Gasteiger partial charge >= 0.3 is 0 Å². The molecule has 0 saturated heterocycles. The van der Waals surface area contributed by atoms with Gasteiger partial charge in [-0.3, -0.25) is 4.90 Å². The lowest BCUT2D eigenvalue weighted by atomic mass is 9.77. The topological polar surface area (TPSA) is 40.2 Å². The second kappa shape index (κ2) is 5.81. The van der Waals surface area contributed by atoms with E-state index in [0.29, 0.717) is 18.8 Å². The molecule has 0 amide bonds. The Balaban J connectivity index is 1.62. The molecule has 2 aromatic carbocycles. The Labute approximate surface area is 153 Å². The van der Waals surface area contributed by atoms with Crippen LogP contribution in [0.25, 0.3) is 0 Å². The summed E-state index contributed by atoms with van der Waals surface area (Å²) in [6.07, 6.45) is 1.02. The molecular formula is C21H23NO4. The summed E-state index contributed by atoms with van der Waals surface area (Å²) in [6.45, 7) is 4.53. The van der Waals surface area contributed by atoms with Gasteiger partial charge < -0.3 is 18.9 Å². The minimum atomic E-state index is 0.321. The van der Waals surface area contributed by atoms with Gasteiger partial charge in [0.1, 0.15) is 0 Å². The fourth-order valence-electron chi connectivity index (χ4n) is 4.82. The minimum absolute atomic E-state index is 0.321. The van der Waals surface area contributed by atoms with E-state index in [2.05, 4.69) is 30.0 Å². The highest BCUT2D eigenvalue weighted by molar-refractivity contribution is 5.56. The van der Waals surface area contributed by atoms with Gasteiger partial charge in [-0.15, -0.1) is 0 Å². The van der Waals surface area contributed by atoms with Crippen molar-refractivity contribution in [1.82, 2.24) is 4.90 Å². The molecule has 2 aromatic rings. The summed E-state index contributed by atoms with van der Waals surface area (Å²) in [7, 11) is 3.42. The fourth-order valence-corrected chi connectivity index (χ4v) is 4.82. The van der Waals surface area contributed by atoms with Gasteiger partial charge in [0, 0.05) is 30.6 Å². The van der Waals surface area contributed by atoms with Crippen LogP contribution < -0.4 is 18.9 Å². The van der Waals surface area contributed by atoms with Gasteiger partial charge in [0.15, 0.2) is 23.0 Å². The monoisotopic (exact) mass is 353 g/mol. The summed E-state index contributed by atoms with van der Waals surface area (Å²) in [5, 5.41) is 0. The number of hydrogen-bond acceptors (Lipinski definition) is 5. The van der Waals surface area contributed by atoms with E-state index in [1.165, 1.54) is 22.3 Å². The predicted octanol–water partition coefficient (Wildman–Crippen LogP) is 3.65. The molecule has 3 aliphatic heterocycles. The summed E-state index contributed by atoms with van der Waals surface area (Å²) in [6, 6.07) is 8.93. The summed E-state index contributed by atoms with van der Waals surface area (Å²) in [5.41, 5.74) is 5.34. The molecule has 0 bridgehead atoms. The molecule has 0 saturated carbocycles. The SMILES string of the molecule is COc1ccc2c(c1OC)CN1CCc3cc4c(cc3[C@@H]1[C@H]2C)OCO4. The minimum Gasteiger partial charge on any atom is -0.493 e. The highest BCUT2D eigenvalue weighted by Gasteiger charge is 2.39. The van der Waals surface area contributed by atoms with Gasteiger partial charge in [0.25, 0.3) is 0 Å². The molecule has 0 aromatic heterocycles. The van der Waals surface area contributed by atoms with Crippen molar-refractivity contribution in [1.29, 1.82) is 0 Å². The van der Waals surface area contributed by atoms with E-state index in [-0.39, 0.29) is 0 Å². The first-order valence-electron chi connectivity index (χ1n) is 9.11. The molecule has 2 atom stereocenters. The van der Waals surface area contributed by atoms with E-state index in [1.807, 2.05) is 6.07 Å². The Morgan fingerprint density at radius 1 is 1.04 bits per heavy atom. The Morgan fingerprint density at radius 3 is 2.62 bits per heavy atom. The van der Waals surface area contributed by atoms with E-state index in [9.17, 15) is 0 Å². The van der Waals surface area contributed by atoms with Gasteiger partial charge in [-0.2, -0.15) is 0 Å². The standard InChI is InChI=1S/C21H23NO4/c1-12-14-4-5-17(23-2)21(24-3)16(14)10-22-7-6-13-8-18-19(26-11-25-18)9-15(13)20(12)22/h4-5,8-9,12,20H,6-7,10-11H2,1-3H3/t12-,20-/m0/s1. The Hall–Kier alpha value is -2.40. The number of benzene rings is 2. The Morgan fingerprint density at radius 2 is 1.85 bits per heavy atom. The molecule has 136 valence electrons. The second-order valence-electron chi connectivity index (χ2n) is 7.23. The van der Waals surface area contributed by atoms with E-state index in [0.717, 1.165) is 42.5 Å². The first-order valence-corrected chi connectivity index (χ1v) is 9.11. The molecule has 26 heavy (non-hydrogen) atoms. The smallest absolute Gasteiger partial charge is 0.231 e. The summed E-state index contributed by atoms with van der Waals surface area (Å²) in [4.78, 5) is 2.56. The van der Waals surface area contributed by atoms with Crippen molar-refractivity contribution in [2.24, 2.45) is 0 Å². The maximum Gasteiger partial charge on any atom is 0.231 e. The van der Waals surface area contributed by atoms with Crippen molar-refractivity contribution in [3.63, 3.8) is 0 Å². The first kappa shape index (κ1) is 15.8. The van der Waals surface area contributed by atoms with Crippen LogP contribution in [0, 0.1) is 0 Å². The van der Waals surface area contributed by atoms with Crippen LogP contribution in [-0.4, -0.2) is 32.5 Å². The third-order valence-corrected chi connectivity index (χ3v) is 6.02. The molecule has 0 N–H and O–H groups in total. The maximum absolute atomic E-state index is 5.70. The molecule has 5 rings (SSSR count). The molecule has 0 spiro atoms. The van der Waals surface area contributed by atoms with Crippen LogP contribution in [0.5, 0.6) is 23.0 Å². The average molecular weight is 353 g/mol. The van der Waals surface area contributed by atoms with Gasteiger partial charge in [0.2, 0.25) is 6.79 Å². The Kier molecular flexibility index (Phi) is 3.54. The highest BCUT2D eigenvalue weighted by Crippen LogP contribution is 2.51. The maximum atomic E-state index is 5.70. The van der Waals surface area contributed by atoms with Crippen LogP contribution in [0.3, 0.4) is 0 Å². The van der Waals surface area contributed by atoms with E-state index in [4.69, 9.17) is 18.9 Å². The quantitative estimate of drug-likeness (QED) is 0.824. The largest absolute Gasteiger partial charge is 0.493 e. The number of ether oxygens (including phenoxy) is 4. The van der Waals surface area contributed by atoms with Crippen molar-refractivity contribution in [3.05, 3.63) is 46.5 Å². The lowest BCUT2D eigenvalue weighted by molar-refractivity contribution is 0.136. The van der Waals surface area contributed by atoms with Crippen LogP contribution in [-0.2, 0) is 13.0 Å². The third-order valence-electron chi connectivity index (χ3n) is 6.02.